The number of aryl methyl sites for hydroxylation is 2. The molecule has 2 N–H and O–H groups in total. The van der Waals surface area contributed by atoms with Crippen LogP contribution in [0.4, 0.5) is 5.69 Å². The van der Waals surface area contributed by atoms with Gasteiger partial charge in [-0.2, -0.15) is 0 Å². The van der Waals surface area contributed by atoms with E-state index in [2.05, 4.69) is 59.1 Å². The summed E-state index contributed by atoms with van der Waals surface area (Å²) >= 11 is 1.44. The number of fused-ring (bicyclic) bond motifs is 1. The van der Waals surface area contributed by atoms with Crippen LogP contribution < -0.4 is 15.5 Å². The van der Waals surface area contributed by atoms with Crippen molar-refractivity contribution in [2.75, 3.05) is 17.9 Å². The zero-order valence-electron chi connectivity index (χ0n) is 17.3. The van der Waals surface area contributed by atoms with Crippen LogP contribution in [0.15, 0.2) is 53.7 Å². The summed E-state index contributed by atoms with van der Waals surface area (Å²) < 4.78 is 7.12. The molecule has 156 valence electrons. The highest BCUT2D eigenvalue weighted by atomic mass is 32.2. The quantitative estimate of drug-likeness (QED) is 0.625. The van der Waals surface area contributed by atoms with Crippen molar-refractivity contribution in [1.29, 1.82) is 0 Å². The van der Waals surface area contributed by atoms with Crippen molar-refractivity contribution in [2.45, 2.75) is 43.1 Å². The fraction of sp³-hybridized carbons (Fsp3) is 0.318. The van der Waals surface area contributed by atoms with Crippen molar-refractivity contribution in [1.82, 2.24) is 14.9 Å². The van der Waals surface area contributed by atoms with Crippen LogP contribution in [0.25, 0.3) is 0 Å². The molecule has 0 saturated carbocycles. The van der Waals surface area contributed by atoms with E-state index in [0.29, 0.717) is 5.16 Å². The molecule has 0 aliphatic carbocycles. The van der Waals surface area contributed by atoms with Crippen molar-refractivity contribution in [3.63, 3.8) is 0 Å². The molecule has 1 aliphatic heterocycles. The van der Waals surface area contributed by atoms with E-state index in [0.717, 1.165) is 35.7 Å². The third kappa shape index (κ3) is 4.14. The molecule has 30 heavy (non-hydrogen) atoms. The molecular weight excluding hydrogens is 398 g/mol. The number of ether oxygens (including phenoxy) is 1. The summed E-state index contributed by atoms with van der Waals surface area (Å²) in [5.41, 5.74) is 6.44. The Bertz CT molecular complexity index is 1020. The maximum atomic E-state index is 13.3. The first-order valence-electron chi connectivity index (χ1n) is 9.98. The number of carbonyl (C=O) groups excluding carboxylic acids is 1. The number of nitrogens with zero attached hydrogens (tertiary/aromatic N) is 3. The third-order valence-electron chi connectivity index (χ3n) is 5.03. The van der Waals surface area contributed by atoms with Gasteiger partial charge in [0.15, 0.2) is 5.82 Å². The minimum atomic E-state index is -0.402. The van der Waals surface area contributed by atoms with E-state index in [1.807, 2.05) is 28.9 Å². The van der Waals surface area contributed by atoms with Gasteiger partial charge < -0.3 is 15.5 Å². The van der Waals surface area contributed by atoms with Crippen LogP contribution in [0.2, 0.25) is 0 Å². The topological polar surface area (TPSA) is 81.1 Å². The number of nitrogens with one attached hydrogen (secondary N) is 2. The maximum Gasteiger partial charge on any atom is 0.240 e. The summed E-state index contributed by atoms with van der Waals surface area (Å²) in [6, 6.07) is 15.4. The number of benzene rings is 2. The molecule has 8 heteroatoms. The van der Waals surface area contributed by atoms with Crippen molar-refractivity contribution >= 4 is 23.4 Å². The molecular formula is C22H25N5O2S. The van der Waals surface area contributed by atoms with Crippen LogP contribution in [0.1, 0.15) is 36.3 Å². The summed E-state index contributed by atoms with van der Waals surface area (Å²) in [4.78, 5) is 13.3. The molecule has 2 atom stereocenters. The van der Waals surface area contributed by atoms with E-state index in [9.17, 15) is 4.79 Å². The van der Waals surface area contributed by atoms with E-state index in [1.165, 1.54) is 17.3 Å². The molecule has 0 radical (unpaired) electrons. The predicted molar refractivity (Wildman–Crippen MR) is 119 cm³/mol. The molecule has 2 heterocycles. The van der Waals surface area contributed by atoms with Gasteiger partial charge in [0, 0.05) is 12.1 Å². The Morgan fingerprint density at radius 1 is 1.17 bits per heavy atom. The number of hydrogen-bond donors (Lipinski definition) is 2. The Hall–Kier alpha value is -3.00. The van der Waals surface area contributed by atoms with Gasteiger partial charge in [0.2, 0.25) is 11.1 Å². The summed E-state index contributed by atoms with van der Waals surface area (Å²) in [7, 11) is 1.62. The lowest BCUT2D eigenvalue weighted by Crippen LogP contribution is -2.41. The normalized spacial score (nSPS) is 17.7. The Labute approximate surface area is 180 Å². The molecule has 3 aromatic rings. The Kier molecular flexibility index (Phi) is 5.94. The van der Waals surface area contributed by atoms with Crippen LogP contribution in [0.5, 0.6) is 5.75 Å². The smallest absolute Gasteiger partial charge is 0.240 e. The molecule has 0 spiro atoms. The van der Waals surface area contributed by atoms with Crippen LogP contribution in [-0.2, 0) is 11.2 Å². The molecule has 0 bridgehead atoms. The first kappa shape index (κ1) is 20.3. The van der Waals surface area contributed by atoms with Gasteiger partial charge in [-0.15, -0.1) is 10.2 Å². The van der Waals surface area contributed by atoms with Crippen LogP contribution in [-0.4, -0.2) is 33.1 Å². The van der Waals surface area contributed by atoms with E-state index in [4.69, 9.17) is 4.74 Å². The minimum Gasteiger partial charge on any atom is -0.497 e. The Morgan fingerprint density at radius 3 is 2.57 bits per heavy atom. The molecule has 0 fully saturated rings. The number of rotatable bonds is 6. The molecule has 1 aliphatic rings. The fourth-order valence-corrected chi connectivity index (χ4v) is 4.49. The van der Waals surface area contributed by atoms with E-state index >= 15 is 0 Å². The number of carbonyl (C=O) groups is 1. The van der Waals surface area contributed by atoms with E-state index < -0.39 is 5.25 Å². The number of hydrogen-bond acceptors (Lipinski definition) is 6. The number of aromatic nitrogens is 3. The van der Waals surface area contributed by atoms with Gasteiger partial charge in [0.05, 0.1) is 13.2 Å². The van der Waals surface area contributed by atoms with E-state index in [1.54, 1.807) is 7.11 Å². The van der Waals surface area contributed by atoms with Gasteiger partial charge in [-0.1, -0.05) is 48.5 Å². The fourth-order valence-electron chi connectivity index (χ4n) is 3.40. The van der Waals surface area contributed by atoms with Crippen molar-refractivity contribution in [2.24, 2.45) is 0 Å². The van der Waals surface area contributed by atoms with Crippen LogP contribution in [0.3, 0.4) is 0 Å². The summed E-state index contributed by atoms with van der Waals surface area (Å²) in [5, 5.41) is 11.9. The lowest BCUT2D eigenvalue weighted by atomic mass is 10.0. The maximum absolute atomic E-state index is 13.3. The average Bonchev–Trinajstić information content (AvgIpc) is 3.16. The van der Waals surface area contributed by atoms with Gasteiger partial charge in [-0.3, -0.25) is 4.79 Å². The summed E-state index contributed by atoms with van der Waals surface area (Å²) in [5.74, 6) is 1.54. The summed E-state index contributed by atoms with van der Waals surface area (Å²) in [6.45, 7) is 4.16. The predicted octanol–water partition coefficient (Wildman–Crippen LogP) is 3.95. The number of thioether (sulfide) groups is 1. The second-order valence-electron chi connectivity index (χ2n) is 7.26. The monoisotopic (exact) mass is 423 g/mol. The molecule has 0 unspecified atom stereocenters. The second-order valence-corrected chi connectivity index (χ2v) is 8.37. The third-order valence-corrected chi connectivity index (χ3v) is 6.24. The highest BCUT2D eigenvalue weighted by Gasteiger charge is 2.37. The highest BCUT2D eigenvalue weighted by Crippen LogP contribution is 2.37. The van der Waals surface area contributed by atoms with E-state index in [-0.39, 0.29) is 11.9 Å². The SMILES string of the molecule is CCCc1nnc2n1N[C@@H](c1ccc(C)cc1)[C@@H](C(=O)Nc1ccc(OC)cc1)S2. The lowest BCUT2D eigenvalue weighted by molar-refractivity contribution is -0.116. The largest absolute Gasteiger partial charge is 0.497 e. The standard InChI is InChI=1S/C22H25N5O2S/c1-4-5-18-24-25-22-27(18)26-19(15-8-6-14(2)7-9-15)20(30-22)21(28)23-16-10-12-17(29-3)13-11-16/h6-13,19-20,26H,4-5H2,1-3H3,(H,23,28)/t19-,20-/m0/s1. The van der Waals surface area contributed by atoms with Gasteiger partial charge in [0.1, 0.15) is 11.0 Å². The zero-order valence-corrected chi connectivity index (χ0v) is 18.1. The van der Waals surface area contributed by atoms with Gasteiger partial charge in [0.25, 0.3) is 0 Å². The van der Waals surface area contributed by atoms with Crippen molar-refractivity contribution in [3.8, 4) is 5.75 Å². The molecule has 4 rings (SSSR count). The summed E-state index contributed by atoms with van der Waals surface area (Å²) in [6.07, 6.45) is 1.80. The molecule has 7 nitrogen and oxygen atoms in total. The zero-order chi connectivity index (χ0) is 21.1. The molecule has 1 amide bonds. The Morgan fingerprint density at radius 2 is 1.90 bits per heavy atom. The first-order valence-corrected chi connectivity index (χ1v) is 10.9. The van der Waals surface area contributed by atoms with Gasteiger partial charge >= 0.3 is 0 Å². The Balaban J connectivity index is 1.63. The highest BCUT2D eigenvalue weighted by molar-refractivity contribution is 8.00. The number of methoxy groups -OCH3 is 1. The first-order chi connectivity index (χ1) is 14.6. The number of anilines is 1. The second kappa shape index (κ2) is 8.79. The van der Waals surface area contributed by atoms with Crippen molar-refractivity contribution < 1.29 is 9.53 Å². The van der Waals surface area contributed by atoms with Gasteiger partial charge in [-0.25, -0.2) is 4.68 Å². The van der Waals surface area contributed by atoms with Crippen LogP contribution >= 0.6 is 11.8 Å². The lowest BCUT2D eigenvalue weighted by Gasteiger charge is -2.33. The molecule has 0 saturated heterocycles. The molecule has 2 aromatic carbocycles. The number of amides is 1. The van der Waals surface area contributed by atoms with Gasteiger partial charge in [-0.05, 0) is 43.2 Å². The van der Waals surface area contributed by atoms with Crippen LogP contribution in [0, 0.1) is 6.92 Å². The average molecular weight is 424 g/mol. The molecule has 1 aromatic heterocycles. The van der Waals surface area contributed by atoms with Crippen molar-refractivity contribution in [3.05, 3.63) is 65.5 Å². The minimum absolute atomic E-state index is 0.0884.